The molecule has 1 amide bonds. The third kappa shape index (κ3) is 10.2. The smallest absolute Gasteiger partial charge is 0.409 e. The van der Waals surface area contributed by atoms with Gasteiger partial charge in [-0.1, -0.05) is 28.9 Å². The van der Waals surface area contributed by atoms with E-state index in [-0.39, 0.29) is 23.6 Å². The van der Waals surface area contributed by atoms with Gasteiger partial charge in [0.15, 0.2) is 0 Å². The van der Waals surface area contributed by atoms with E-state index in [1.807, 2.05) is 13.0 Å². The lowest BCUT2D eigenvalue weighted by Crippen LogP contribution is -2.10. The Morgan fingerprint density at radius 2 is 1.59 bits per heavy atom. The molecule has 1 aromatic rings. The Hall–Kier alpha value is -3.02. The van der Waals surface area contributed by atoms with E-state index in [1.165, 1.54) is 29.3 Å². The molecule has 0 aliphatic carbocycles. The van der Waals surface area contributed by atoms with Crippen molar-refractivity contribution in [1.29, 1.82) is 0 Å². The Morgan fingerprint density at radius 1 is 0.966 bits per heavy atom. The van der Waals surface area contributed by atoms with Crippen LogP contribution in [0.2, 0.25) is 0 Å². The zero-order valence-corrected chi connectivity index (χ0v) is 17.6. The summed E-state index contributed by atoms with van der Waals surface area (Å²) in [5, 5.41) is 20.2. The van der Waals surface area contributed by atoms with E-state index in [9.17, 15) is 9.59 Å². The maximum absolute atomic E-state index is 11.1. The predicted molar refractivity (Wildman–Crippen MR) is 116 cm³/mol. The van der Waals surface area contributed by atoms with Crippen molar-refractivity contribution in [2.24, 2.45) is 0 Å². The molecule has 0 saturated carbocycles. The van der Waals surface area contributed by atoms with Crippen LogP contribution in [0.3, 0.4) is 0 Å². The molecule has 0 fully saturated rings. The lowest BCUT2D eigenvalue weighted by atomic mass is 10.1. The lowest BCUT2D eigenvalue weighted by Gasteiger charge is -2.11. The molecule has 0 aromatic heterocycles. The third-order valence-corrected chi connectivity index (χ3v) is 4.26. The van der Waals surface area contributed by atoms with Gasteiger partial charge in [0, 0.05) is 0 Å². The monoisotopic (exact) mass is 401 g/mol. The highest BCUT2D eigenvalue weighted by Crippen LogP contribution is 2.26. The first-order chi connectivity index (χ1) is 13.7. The molecule has 1 rings (SSSR count). The van der Waals surface area contributed by atoms with Crippen LogP contribution in [0.4, 0.5) is 10.5 Å². The SMILES string of the molecule is CC(C)=CCCC(C)=CCCC(C)=CCOc1cc(C(=O)O)ccc1NC(=O)O. The molecule has 6 heteroatoms. The topological polar surface area (TPSA) is 95.9 Å². The molecular formula is C23H31NO5. The minimum absolute atomic E-state index is 0.0327. The van der Waals surface area contributed by atoms with Crippen LogP contribution in [0.5, 0.6) is 5.75 Å². The van der Waals surface area contributed by atoms with Crippen LogP contribution in [-0.4, -0.2) is 28.9 Å². The predicted octanol–water partition coefficient (Wildman–Crippen LogP) is 6.27. The molecule has 158 valence electrons. The van der Waals surface area contributed by atoms with Crippen LogP contribution in [0, 0.1) is 0 Å². The summed E-state index contributed by atoms with van der Waals surface area (Å²) in [6, 6.07) is 4.02. The van der Waals surface area contributed by atoms with Gasteiger partial charge in [0.1, 0.15) is 12.4 Å². The van der Waals surface area contributed by atoms with Crippen LogP contribution < -0.4 is 10.1 Å². The van der Waals surface area contributed by atoms with Crippen molar-refractivity contribution < 1.29 is 24.5 Å². The van der Waals surface area contributed by atoms with Crippen LogP contribution in [0.15, 0.2) is 53.1 Å². The molecule has 0 atom stereocenters. The Labute approximate surface area is 172 Å². The fourth-order valence-electron chi connectivity index (χ4n) is 2.61. The van der Waals surface area contributed by atoms with Crippen molar-refractivity contribution in [2.75, 3.05) is 11.9 Å². The van der Waals surface area contributed by atoms with Crippen molar-refractivity contribution in [3.8, 4) is 5.75 Å². The number of aromatic carboxylic acids is 1. The number of carboxylic acid groups (broad SMARTS) is 2. The molecule has 0 bridgehead atoms. The second-order valence-electron chi connectivity index (χ2n) is 7.22. The molecule has 6 nitrogen and oxygen atoms in total. The largest absolute Gasteiger partial charge is 0.487 e. The number of amides is 1. The number of hydrogen-bond acceptors (Lipinski definition) is 3. The summed E-state index contributed by atoms with van der Waals surface area (Å²) < 4.78 is 5.62. The fraction of sp³-hybridized carbons (Fsp3) is 0.391. The van der Waals surface area contributed by atoms with Crippen molar-refractivity contribution in [3.63, 3.8) is 0 Å². The third-order valence-electron chi connectivity index (χ3n) is 4.26. The number of ether oxygens (including phenoxy) is 1. The zero-order valence-electron chi connectivity index (χ0n) is 17.6. The standard InChI is InChI=1S/C23H31NO5/c1-16(2)7-5-8-17(3)9-6-10-18(4)13-14-29-21-15-19(22(25)26)11-12-20(21)24-23(27)28/h7,9,11-13,15,24H,5-6,8,10,14H2,1-4H3,(H,25,26)(H,27,28). The van der Waals surface area contributed by atoms with Crippen molar-refractivity contribution in [2.45, 2.75) is 53.4 Å². The summed E-state index contributed by atoms with van der Waals surface area (Å²) in [5.41, 5.74) is 4.11. The summed E-state index contributed by atoms with van der Waals surface area (Å²) in [6.07, 6.45) is 9.16. The second kappa shape index (κ2) is 12.4. The van der Waals surface area contributed by atoms with Gasteiger partial charge in [0.05, 0.1) is 11.3 Å². The van der Waals surface area contributed by atoms with Crippen molar-refractivity contribution >= 4 is 17.7 Å². The Balaban J connectivity index is 2.60. The van der Waals surface area contributed by atoms with Crippen LogP contribution in [-0.2, 0) is 0 Å². The van der Waals surface area contributed by atoms with Gasteiger partial charge >= 0.3 is 12.1 Å². The molecule has 0 aliphatic rings. The number of carboxylic acids is 1. The highest BCUT2D eigenvalue weighted by Gasteiger charge is 2.11. The van der Waals surface area contributed by atoms with E-state index in [2.05, 4.69) is 38.2 Å². The number of carbonyl (C=O) groups is 2. The highest BCUT2D eigenvalue weighted by atomic mass is 16.5. The summed E-state index contributed by atoms with van der Waals surface area (Å²) in [7, 11) is 0. The molecule has 0 radical (unpaired) electrons. The maximum Gasteiger partial charge on any atom is 0.409 e. The number of rotatable bonds is 11. The zero-order chi connectivity index (χ0) is 21.8. The first kappa shape index (κ1) is 24.0. The van der Waals surface area contributed by atoms with E-state index in [0.29, 0.717) is 0 Å². The summed E-state index contributed by atoms with van der Waals surface area (Å²) in [6.45, 7) is 8.60. The molecule has 0 unspecified atom stereocenters. The van der Waals surface area contributed by atoms with E-state index in [0.717, 1.165) is 31.3 Å². The van der Waals surface area contributed by atoms with Crippen LogP contribution in [0.1, 0.15) is 63.7 Å². The van der Waals surface area contributed by atoms with Gasteiger partial charge in [0.2, 0.25) is 0 Å². The molecule has 0 spiro atoms. The fourth-order valence-corrected chi connectivity index (χ4v) is 2.61. The van der Waals surface area contributed by atoms with E-state index >= 15 is 0 Å². The number of benzene rings is 1. The summed E-state index contributed by atoms with van der Waals surface area (Å²) >= 11 is 0. The highest BCUT2D eigenvalue weighted by molar-refractivity contribution is 5.91. The van der Waals surface area contributed by atoms with Crippen molar-refractivity contribution in [1.82, 2.24) is 0 Å². The Bertz CT molecular complexity index is 801. The maximum atomic E-state index is 11.1. The summed E-state index contributed by atoms with van der Waals surface area (Å²) in [5.74, 6) is -0.915. The van der Waals surface area contributed by atoms with Gasteiger partial charge in [-0.25, -0.2) is 9.59 Å². The number of allylic oxidation sites excluding steroid dienone is 5. The molecule has 0 heterocycles. The van der Waals surface area contributed by atoms with Gasteiger partial charge in [0.25, 0.3) is 0 Å². The minimum Gasteiger partial charge on any atom is -0.487 e. The number of anilines is 1. The first-order valence-corrected chi connectivity index (χ1v) is 9.63. The van der Waals surface area contributed by atoms with E-state index < -0.39 is 12.1 Å². The average Bonchev–Trinajstić information content (AvgIpc) is 2.62. The van der Waals surface area contributed by atoms with Gasteiger partial charge in [-0.3, -0.25) is 5.32 Å². The normalized spacial score (nSPS) is 11.7. The molecule has 3 N–H and O–H groups in total. The molecule has 1 aromatic carbocycles. The number of hydrogen-bond donors (Lipinski definition) is 3. The van der Waals surface area contributed by atoms with E-state index in [4.69, 9.17) is 14.9 Å². The molecular weight excluding hydrogens is 370 g/mol. The molecule has 0 saturated heterocycles. The van der Waals surface area contributed by atoms with E-state index in [1.54, 1.807) is 0 Å². The Morgan fingerprint density at radius 3 is 2.17 bits per heavy atom. The van der Waals surface area contributed by atoms with Gasteiger partial charge in [-0.05, 0) is 77.7 Å². The van der Waals surface area contributed by atoms with Gasteiger partial charge in [-0.15, -0.1) is 0 Å². The number of nitrogens with one attached hydrogen (secondary N) is 1. The van der Waals surface area contributed by atoms with Crippen molar-refractivity contribution in [3.05, 3.63) is 58.7 Å². The van der Waals surface area contributed by atoms with Crippen LogP contribution >= 0.6 is 0 Å². The molecule has 29 heavy (non-hydrogen) atoms. The molecule has 0 aliphatic heterocycles. The Kier molecular flexibility index (Phi) is 10.3. The second-order valence-corrected chi connectivity index (χ2v) is 7.22. The lowest BCUT2D eigenvalue weighted by molar-refractivity contribution is 0.0696. The van der Waals surface area contributed by atoms with Crippen LogP contribution in [0.25, 0.3) is 0 Å². The average molecular weight is 402 g/mol. The van der Waals surface area contributed by atoms with Gasteiger partial charge in [-0.2, -0.15) is 0 Å². The van der Waals surface area contributed by atoms with Gasteiger partial charge < -0.3 is 14.9 Å². The minimum atomic E-state index is -1.24. The first-order valence-electron chi connectivity index (χ1n) is 9.63. The quantitative estimate of drug-likeness (QED) is 0.380. The summed E-state index contributed by atoms with van der Waals surface area (Å²) in [4.78, 5) is 22.0.